The zero-order valence-electron chi connectivity index (χ0n) is 21.1. The number of para-hydroxylation sites is 1. The molecular weight excluding hydrogens is 510 g/mol. The van der Waals surface area contributed by atoms with Crippen molar-refractivity contribution in [1.29, 1.82) is 0 Å². The quantitative estimate of drug-likeness (QED) is 0.197. The molecule has 196 valence electrons. The van der Waals surface area contributed by atoms with Crippen LogP contribution in [-0.2, 0) is 22.6 Å². The molecule has 6 nitrogen and oxygen atoms in total. The second-order valence-electron chi connectivity index (χ2n) is 9.52. The van der Waals surface area contributed by atoms with Crippen LogP contribution in [0.2, 0.25) is 5.02 Å². The number of H-pyrrole nitrogens is 1. The maximum atomic E-state index is 13.3. The third-order valence-corrected chi connectivity index (χ3v) is 7.08. The molecule has 0 saturated carbocycles. The summed E-state index contributed by atoms with van der Waals surface area (Å²) in [7, 11) is 0. The van der Waals surface area contributed by atoms with Crippen LogP contribution in [0.25, 0.3) is 10.9 Å². The van der Waals surface area contributed by atoms with Crippen molar-refractivity contribution in [3.63, 3.8) is 0 Å². The van der Waals surface area contributed by atoms with Gasteiger partial charge in [0.1, 0.15) is 6.04 Å². The number of hydrogen-bond acceptors (Lipinski definition) is 3. The molecule has 1 atom stereocenters. The number of fused-ring (bicyclic) bond motifs is 1. The molecule has 4 aromatic rings. The van der Waals surface area contributed by atoms with E-state index in [1.165, 1.54) is 0 Å². The standard InChI is InChI=1S/C32H28ClN3O3/c33-26-16-10-21(11-17-26)19-35-32(39)29(18-25-20-34-28-9-5-4-8-27(25)28)36-31(38)24-14-12-23(13-15-24)30(37)22-6-2-1-3-7-22/h1-17,20,23-24,29,34H,18-19H2,(H,35,39)(H,36,38). The number of Topliss-reactive ketones (excluding diaryl/α,β-unsaturated/α-hetero) is 1. The Bertz CT molecular complexity index is 1530. The maximum Gasteiger partial charge on any atom is 0.243 e. The van der Waals surface area contributed by atoms with E-state index in [9.17, 15) is 14.4 Å². The predicted octanol–water partition coefficient (Wildman–Crippen LogP) is 5.41. The molecule has 2 amide bonds. The fourth-order valence-corrected chi connectivity index (χ4v) is 4.79. The minimum Gasteiger partial charge on any atom is -0.361 e. The minimum absolute atomic E-state index is 0.0271. The third-order valence-electron chi connectivity index (χ3n) is 6.83. The summed E-state index contributed by atoms with van der Waals surface area (Å²) in [4.78, 5) is 42.6. The van der Waals surface area contributed by atoms with E-state index in [-0.39, 0.29) is 17.6 Å². The Kier molecular flexibility index (Phi) is 8.04. The SMILES string of the molecule is O=C(NC(Cc1c[nH]c2ccccc12)C(=O)NCc1ccc(Cl)cc1)C1C=CC(C(=O)c2ccccc2)C=C1. The van der Waals surface area contributed by atoms with Crippen LogP contribution in [0, 0.1) is 11.8 Å². The molecule has 1 aliphatic rings. The van der Waals surface area contributed by atoms with Crippen molar-refractivity contribution < 1.29 is 14.4 Å². The van der Waals surface area contributed by atoms with Crippen LogP contribution in [0.4, 0.5) is 0 Å². The van der Waals surface area contributed by atoms with Crippen molar-refractivity contribution in [3.05, 3.63) is 131 Å². The number of ketones is 1. The molecule has 3 N–H and O–H groups in total. The number of rotatable bonds is 9. The van der Waals surface area contributed by atoms with Crippen LogP contribution in [0.15, 0.2) is 109 Å². The Balaban J connectivity index is 1.28. The average molecular weight is 538 g/mol. The Morgan fingerprint density at radius 2 is 1.49 bits per heavy atom. The molecule has 0 saturated heterocycles. The molecule has 0 aliphatic heterocycles. The zero-order valence-corrected chi connectivity index (χ0v) is 21.9. The zero-order chi connectivity index (χ0) is 27.2. The topological polar surface area (TPSA) is 91.1 Å². The highest BCUT2D eigenvalue weighted by atomic mass is 35.5. The summed E-state index contributed by atoms with van der Waals surface area (Å²) in [6.45, 7) is 0.308. The molecule has 1 heterocycles. The van der Waals surface area contributed by atoms with E-state index in [2.05, 4.69) is 15.6 Å². The van der Waals surface area contributed by atoms with E-state index in [4.69, 9.17) is 11.6 Å². The van der Waals surface area contributed by atoms with Crippen molar-refractivity contribution in [2.75, 3.05) is 0 Å². The number of carbonyl (C=O) groups is 3. The molecule has 0 radical (unpaired) electrons. The molecule has 5 rings (SSSR count). The molecule has 1 aromatic heterocycles. The predicted molar refractivity (Wildman–Crippen MR) is 153 cm³/mol. The number of aromatic nitrogens is 1. The van der Waals surface area contributed by atoms with Gasteiger partial charge >= 0.3 is 0 Å². The summed E-state index contributed by atoms with van der Waals surface area (Å²) in [5.41, 5.74) is 3.42. The second kappa shape index (κ2) is 12.0. The van der Waals surface area contributed by atoms with Crippen LogP contribution in [0.1, 0.15) is 21.5 Å². The van der Waals surface area contributed by atoms with Gasteiger partial charge in [-0.15, -0.1) is 0 Å². The van der Waals surface area contributed by atoms with Crippen LogP contribution in [0.3, 0.4) is 0 Å². The van der Waals surface area contributed by atoms with E-state index in [0.29, 0.717) is 23.6 Å². The number of aromatic amines is 1. The van der Waals surface area contributed by atoms with Crippen LogP contribution in [-0.4, -0.2) is 28.6 Å². The average Bonchev–Trinajstić information content (AvgIpc) is 3.39. The fourth-order valence-electron chi connectivity index (χ4n) is 4.66. The van der Waals surface area contributed by atoms with Gasteiger partial charge in [-0.05, 0) is 29.3 Å². The maximum absolute atomic E-state index is 13.3. The van der Waals surface area contributed by atoms with Crippen LogP contribution in [0.5, 0.6) is 0 Å². The van der Waals surface area contributed by atoms with Gasteiger partial charge in [0.2, 0.25) is 11.8 Å². The van der Waals surface area contributed by atoms with Crippen LogP contribution >= 0.6 is 11.6 Å². The van der Waals surface area contributed by atoms with Gasteiger partial charge in [0, 0.05) is 40.7 Å². The first-order valence-corrected chi connectivity index (χ1v) is 13.2. The summed E-state index contributed by atoms with van der Waals surface area (Å²) < 4.78 is 0. The van der Waals surface area contributed by atoms with Crippen molar-refractivity contribution in [2.24, 2.45) is 11.8 Å². The Hall–Kier alpha value is -4.42. The van der Waals surface area contributed by atoms with Crippen molar-refractivity contribution in [3.8, 4) is 0 Å². The number of hydrogen-bond donors (Lipinski definition) is 3. The van der Waals surface area contributed by atoms with Gasteiger partial charge in [0.25, 0.3) is 0 Å². The monoisotopic (exact) mass is 537 g/mol. The summed E-state index contributed by atoms with van der Waals surface area (Å²) in [6.07, 6.45) is 9.11. The summed E-state index contributed by atoms with van der Waals surface area (Å²) in [5, 5.41) is 7.50. The minimum atomic E-state index is -0.797. The van der Waals surface area contributed by atoms with E-state index >= 15 is 0 Å². The highest BCUT2D eigenvalue weighted by Gasteiger charge is 2.27. The molecule has 3 aromatic carbocycles. The first-order valence-electron chi connectivity index (χ1n) is 12.8. The number of nitrogens with one attached hydrogen (secondary N) is 3. The number of halogens is 1. The molecule has 0 spiro atoms. The molecule has 39 heavy (non-hydrogen) atoms. The van der Waals surface area contributed by atoms with E-state index in [1.54, 1.807) is 48.6 Å². The third kappa shape index (κ3) is 6.36. The molecule has 1 unspecified atom stereocenters. The van der Waals surface area contributed by atoms with E-state index < -0.39 is 17.9 Å². The van der Waals surface area contributed by atoms with Crippen molar-refractivity contribution in [1.82, 2.24) is 15.6 Å². The lowest BCUT2D eigenvalue weighted by molar-refractivity contribution is -0.129. The van der Waals surface area contributed by atoms with Gasteiger partial charge in [-0.2, -0.15) is 0 Å². The molecule has 1 aliphatic carbocycles. The van der Waals surface area contributed by atoms with Gasteiger partial charge in [-0.3, -0.25) is 14.4 Å². The summed E-state index contributed by atoms with van der Waals surface area (Å²) in [5.74, 6) is -1.63. The lowest BCUT2D eigenvalue weighted by Gasteiger charge is -2.22. The molecular formula is C32H28ClN3O3. The number of amides is 2. The normalized spacial score (nSPS) is 17.1. The van der Waals surface area contributed by atoms with Gasteiger partial charge in [-0.25, -0.2) is 0 Å². The smallest absolute Gasteiger partial charge is 0.243 e. The van der Waals surface area contributed by atoms with E-state index in [0.717, 1.165) is 22.0 Å². The van der Waals surface area contributed by atoms with E-state index in [1.807, 2.05) is 60.8 Å². The largest absolute Gasteiger partial charge is 0.361 e. The lowest BCUT2D eigenvalue weighted by Crippen LogP contribution is -2.49. The summed E-state index contributed by atoms with van der Waals surface area (Å²) in [6, 6.07) is 23.4. The van der Waals surface area contributed by atoms with Crippen molar-refractivity contribution in [2.45, 2.75) is 19.0 Å². The Morgan fingerprint density at radius 3 is 2.23 bits per heavy atom. The van der Waals surface area contributed by atoms with Crippen molar-refractivity contribution >= 4 is 40.1 Å². The van der Waals surface area contributed by atoms with Gasteiger partial charge in [0.05, 0.1) is 11.8 Å². The molecule has 0 bridgehead atoms. The Labute approximate surface area is 231 Å². The number of benzene rings is 3. The Morgan fingerprint density at radius 1 is 0.821 bits per heavy atom. The second-order valence-corrected chi connectivity index (χ2v) is 9.96. The summed E-state index contributed by atoms with van der Waals surface area (Å²) >= 11 is 5.97. The van der Waals surface area contributed by atoms with Gasteiger partial charge in [0.15, 0.2) is 5.78 Å². The lowest BCUT2D eigenvalue weighted by atomic mass is 9.89. The first-order chi connectivity index (χ1) is 19.0. The van der Waals surface area contributed by atoms with Crippen LogP contribution < -0.4 is 10.6 Å². The van der Waals surface area contributed by atoms with Gasteiger partial charge < -0.3 is 15.6 Å². The highest BCUT2D eigenvalue weighted by molar-refractivity contribution is 6.30. The number of carbonyl (C=O) groups excluding carboxylic acids is 3. The van der Waals surface area contributed by atoms with Gasteiger partial charge in [-0.1, -0.05) is 96.6 Å². The highest BCUT2D eigenvalue weighted by Crippen LogP contribution is 2.22. The fraction of sp³-hybridized carbons (Fsp3) is 0.156. The molecule has 0 fully saturated rings. The molecule has 7 heteroatoms. The first kappa shape index (κ1) is 26.2. The number of allylic oxidation sites excluding steroid dienone is 2.